The van der Waals surface area contributed by atoms with Gasteiger partial charge in [0.05, 0.1) is 19.8 Å². The van der Waals surface area contributed by atoms with E-state index in [1.807, 2.05) is 19.1 Å². The van der Waals surface area contributed by atoms with Gasteiger partial charge in [-0.2, -0.15) is 0 Å². The second-order valence-corrected chi connectivity index (χ2v) is 5.09. The first kappa shape index (κ1) is 16.8. The van der Waals surface area contributed by atoms with Crippen LogP contribution in [0, 0.1) is 5.92 Å². The van der Waals surface area contributed by atoms with Gasteiger partial charge in [-0.25, -0.2) is 0 Å². The van der Waals surface area contributed by atoms with Gasteiger partial charge < -0.3 is 19.5 Å². The van der Waals surface area contributed by atoms with Crippen molar-refractivity contribution < 1.29 is 14.2 Å². The minimum atomic E-state index is 0.500. The highest BCUT2D eigenvalue weighted by Gasteiger charge is 2.07. The molecule has 4 nitrogen and oxygen atoms in total. The molecule has 0 radical (unpaired) electrons. The van der Waals surface area contributed by atoms with E-state index in [2.05, 4.69) is 25.2 Å². The average molecular weight is 281 g/mol. The number of hydrogen-bond donors (Lipinski definition) is 1. The van der Waals surface area contributed by atoms with Crippen molar-refractivity contribution in [2.45, 2.75) is 27.3 Å². The van der Waals surface area contributed by atoms with E-state index < -0.39 is 0 Å². The van der Waals surface area contributed by atoms with Gasteiger partial charge >= 0.3 is 0 Å². The van der Waals surface area contributed by atoms with Gasteiger partial charge in [-0.15, -0.1) is 0 Å². The summed E-state index contributed by atoms with van der Waals surface area (Å²) in [6.07, 6.45) is 0. The lowest BCUT2D eigenvalue weighted by Gasteiger charge is -2.15. The highest BCUT2D eigenvalue weighted by Crippen LogP contribution is 2.28. The molecule has 20 heavy (non-hydrogen) atoms. The molecule has 0 aromatic heterocycles. The van der Waals surface area contributed by atoms with Crippen LogP contribution in [-0.2, 0) is 11.3 Å². The number of benzene rings is 1. The fourth-order valence-electron chi connectivity index (χ4n) is 1.71. The van der Waals surface area contributed by atoms with Crippen molar-refractivity contribution in [1.29, 1.82) is 0 Å². The maximum absolute atomic E-state index is 5.78. The third kappa shape index (κ3) is 6.26. The minimum absolute atomic E-state index is 0.500. The molecular weight excluding hydrogens is 254 g/mol. The first-order chi connectivity index (χ1) is 9.67. The van der Waals surface area contributed by atoms with E-state index in [0.29, 0.717) is 25.7 Å². The largest absolute Gasteiger partial charge is 0.490 e. The topological polar surface area (TPSA) is 39.7 Å². The van der Waals surface area contributed by atoms with E-state index in [0.717, 1.165) is 24.6 Å². The van der Waals surface area contributed by atoms with Crippen molar-refractivity contribution in [3.05, 3.63) is 23.8 Å². The van der Waals surface area contributed by atoms with Crippen LogP contribution >= 0.6 is 0 Å². The molecule has 0 aliphatic carbocycles. The summed E-state index contributed by atoms with van der Waals surface area (Å²) in [4.78, 5) is 0. The van der Waals surface area contributed by atoms with Crippen LogP contribution in [-0.4, -0.2) is 33.5 Å². The molecular formula is C16H27NO3. The lowest BCUT2D eigenvalue weighted by Crippen LogP contribution is -2.18. The zero-order valence-corrected chi connectivity index (χ0v) is 13.1. The normalized spacial score (nSPS) is 10.8. The lowest BCUT2D eigenvalue weighted by molar-refractivity contribution is 0.199. The lowest BCUT2D eigenvalue weighted by atomic mass is 10.2. The van der Waals surface area contributed by atoms with E-state index in [9.17, 15) is 0 Å². The Morgan fingerprint density at radius 1 is 1.15 bits per heavy atom. The Balaban J connectivity index is 2.63. The summed E-state index contributed by atoms with van der Waals surface area (Å²) in [6, 6.07) is 6.09. The average Bonchev–Trinajstić information content (AvgIpc) is 2.43. The van der Waals surface area contributed by atoms with E-state index in [-0.39, 0.29) is 0 Å². The Bertz CT molecular complexity index is 380. The molecule has 1 aromatic carbocycles. The molecule has 1 aromatic rings. The van der Waals surface area contributed by atoms with E-state index in [1.54, 1.807) is 7.11 Å². The molecule has 0 heterocycles. The highest BCUT2D eigenvalue weighted by atomic mass is 16.5. The smallest absolute Gasteiger partial charge is 0.161 e. The van der Waals surface area contributed by atoms with Crippen LogP contribution in [0.15, 0.2) is 18.2 Å². The van der Waals surface area contributed by atoms with Gasteiger partial charge in [-0.1, -0.05) is 19.9 Å². The maximum atomic E-state index is 5.78. The maximum Gasteiger partial charge on any atom is 0.161 e. The molecule has 0 saturated carbocycles. The molecule has 0 amide bonds. The van der Waals surface area contributed by atoms with Crippen LogP contribution in [0.4, 0.5) is 0 Å². The van der Waals surface area contributed by atoms with Crippen LogP contribution in [0.3, 0.4) is 0 Å². The number of nitrogens with one attached hydrogen (secondary N) is 1. The van der Waals surface area contributed by atoms with Gasteiger partial charge in [0.2, 0.25) is 0 Å². The van der Waals surface area contributed by atoms with Gasteiger partial charge in [-0.05, 0) is 30.5 Å². The molecule has 0 fully saturated rings. The molecule has 4 heteroatoms. The molecule has 0 saturated heterocycles. The van der Waals surface area contributed by atoms with Crippen molar-refractivity contribution in [3.8, 4) is 11.5 Å². The Morgan fingerprint density at radius 3 is 2.60 bits per heavy atom. The second kappa shape index (κ2) is 9.61. The van der Waals surface area contributed by atoms with E-state index >= 15 is 0 Å². The van der Waals surface area contributed by atoms with Gasteiger partial charge in [-0.3, -0.25) is 0 Å². The fourth-order valence-corrected chi connectivity index (χ4v) is 1.71. The summed E-state index contributed by atoms with van der Waals surface area (Å²) >= 11 is 0. The van der Waals surface area contributed by atoms with Gasteiger partial charge in [0.1, 0.15) is 0 Å². The number of ether oxygens (including phenoxy) is 3. The van der Waals surface area contributed by atoms with Crippen molar-refractivity contribution in [3.63, 3.8) is 0 Å². The van der Waals surface area contributed by atoms with Crippen LogP contribution in [0.25, 0.3) is 0 Å². The monoisotopic (exact) mass is 281 g/mol. The van der Waals surface area contributed by atoms with Crippen LogP contribution in [0.1, 0.15) is 26.3 Å². The summed E-state index contributed by atoms with van der Waals surface area (Å²) in [5.74, 6) is 2.14. The van der Waals surface area contributed by atoms with Gasteiger partial charge in [0.25, 0.3) is 0 Å². The Hall–Kier alpha value is -1.26. The molecule has 0 spiro atoms. The highest BCUT2D eigenvalue weighted by molar-refractivity contribution is 5.43. The summed E-state index contributed by atoms with van der Waals surface area (Å²) < 4.78 is 16.5. The zero-order chi connectivity index (χ0) is 14.8. The third-order valence-corrected chi connectivity index (χ3v) is 2.69. The van der Waals surface area contributed by atoms with E-state index in [4.69, 9.17) is 14.2 Å². The number of rotatable bonds is 10. The molecule has 114 valence electrons. The predicted molar refractivity (Wildman–Crippen MR) is 81.5 cm³/mol. The molecule has 0 atom stereocenters. The second-order valence-electron chi connectivity index (χ2n) is 5.09. The summed E-state index contributed by atoms with van der Waals surface area (Å²) in [7, 11) is 1.70. The molecule has 0 unspecified atom stereocenters. The van der Waals surface area contributed by atoms with Gasteiger partial charge in [0, 0.05) is 20.2 Å². The first-order valence-corrected chi connectivity index (χ1v) is 7.25. The van der Waals surface area contributed by atoms with Crippen molar-refractivity contribution in [2.24, 2.45) is 5.92 Å². The Kier molecular flexibility index (Phi) is 8.07. The Labute approximate surface area is 122 Å². The van der Waals surface area contributed by atoms with Crippen LogP contribution in [0.2, 0.25) is 0 Å². The first-order valence-electron chi connectivity index (χ1n) is 7.25. The van der Waals surface area contributed by atoms with Crippen LogP contribution in [0.5, 0.6) is 11.5 Å². The molecule has 0 aliphatic rings. The van der Waals surface area contributed by atoms with Crippen molar-refractivity contribution >= 4 is 0 Å². The fraction of sp³-hybridized carbons (Fsp3) is 0.625. The summed E-state index contributed by atoms with van der Waals surface area (Å²) in [6.45, 7) is 9.94. The zero-order valence-electron chi connectivity index (χ0n) is 13.1. The van der Waals surface area contributed by atoms with Crippen molar-refractivity contribution in [1.82, 2.24) is 5.32 Å². The molecule has 0 bridgehead atoms. The summed E-state index contributed by atoms with van der Waals surface area (Å²) in [5.41, 5.74) is 1.18. The van der Waals surface area contributed by atoms with E-state index in [1.165, 1.54) is 5.56 Å². The minimum Gasteiger partial charge on any atom is -0.490 e. The third-order valence-electron chi connectivity index (χ3n) is 2.69. The number of hydrogen-bond acceptors (Lipinski definition) is 4. The molecule has 1 N–H and O–H groups in total. The summed E-state index contributed by atoms with van der Waals surface area (Å²) in [5, 5.41) is 3.32. The molecule has 1 rings (SSSR count). The van der Waals surface area contributed by atoms with Gasteiger partial charge in [0.15, 0.2) is 11.5 Å². The van der Waals surface area contributed by atoms with Crippen molar-refractivity contribution in [2.75, 3.05) is 33.5 Å². The predicted octanol–water partition coefficient (Wildman–Crippen LogP) is 2.86. The van der Waals surface area contributed by atoms with Crippen LogP contribution < -0.4 is 14.8 Å². The Morgan fingerprint density at radius 2 is 1.95 bits per heavy atom. The molecule has 0 aliphatic heterocycles. The number of methoxy groups -OCH3 is 1. The quantitative estimate of drug-likeness (QED) is 0.669. The standard InChI is InChI=1S/C16H27NO3/c1-5-19-16-10-14(11-17-8-9-18-4)6-7-15(16)20-12-13(2)3/h6-7,10,13,17H,5,8-9,11-12H2,1-4H3. The SMILES string of the molecule is CCOc1cc(CNCCOC)ccc1OCC(C)C.